The minimum absolute atomic E-state index is 0.111. The highest BCUT2D eigenvalue weighted by Gasteiger charge is 2.22. The summed E-state index contributed by atoms with van der Waals surface area (Å²) in [5.74, 6) is 2.24. The number of ether oxygens (including phenoxy) is 2. The number of hydrogen-bond acceptors (Lipinski definition) is 8. The molecule has 186 valence electrons. The van der Waals surface area contributed by atoms with Crippen LogP contribution in [0.5, 0.6) is 11.6 Å². The van der Waals surface area contributed by atoms with Crippen molar-refractivity contribution in [1.82, 2.24) is 20.4 Å². The van der Waals surface area contributed by atoms with Gasteiger partial charge in [0.25, 0.3) is 11.8 Å². The van der Waals surface area contributed by atoms with Crippen molar-refractivity contribution in [1.29, 1.82) is 0 Å². The maximum Gasteiger partial charge on any atom is 0.258 e. The van der Waals surface area contributed by atoms with Gasteiger partial charge in [0.05, 0.1) is 13.7 Å². The molecule has 0 radical (unpaired) electrons. The van der Waals surface area contributed by atoms with E-state index in [9.17, 15) is 4.79 Å². The van der Waals surface area contributed by atoms with E-state index in [0.29, 0.717) is 35.7 Å². The summed E-state index contributed by atoms with van der Waals surface area (Å²) in [5.41, 5.74) is 4.41. The van der Waals surface area contributed by atoms with Gasteiger partial charge in [0.15, 0.2) is 6.61 Å². The van der Waals surface area contributed by atoms with E-state index in [-0.39, 0.29) is 25.7 Å². The summed E-state index contributed by atoms with van der Waals surface area (Å²) in [5, 5.41) is 15.7. The fourth-order valence-corrected chi connectivity index (χ4v) is 4.47. The Kier molecular flexibility index (Phi) is 7.97. The van der Waals surface area contributed by atoms with Gasteiger partial charge in [-0.3, -0.25) is 4.79 Å². The smallest absolute Gasteiger partial charge is 0.258 e. The lowest BCUT2D eigenvalue weighted by Crippen LogP contribution is -2.31. The van der Waals surface area contributed by atoms with Crippen LogP contribution in [0.2, 0.25) is 0 Å². The first-order valence-electron chi connectivity index (χ1n) is 12.1. The van der Waals surface area contributed by atoms with Crippen LogP contribution in [0.4, 0.5) is 0 Å². The van der Waals surface area contributed by atoms with Gasteiger partial charge in [-0.05, 0) is 55.5 Å². The summed E-state index contributed by atoms with van der Waals surface area (Å²) in [4.78, 5) is 21.2. The Bertz CT molecular complexity index is 1170. The zero-order chi connectivity index (χ0) is 24.8. The second-order valence-corrected chi connectivity index (χ2v) is 8.72. The molecule has 1 amide bonds. The highest BCUT2D eigenvalue weighted by Crippen LogP contribution is 2.36. The predicted molar refractivity (Wildman–Crippen MR) is 130 cm³/mol. The Morgan fingerprint density at radius 3 is 2.69 bits per heavy atom. The van der Waals surface area contributed by atoms with E-state index >= 15 is 0 Å². The van der Waals surface area contributed by atoms with Crippen LogP contribution in [-0.4, -0.2) is 53.0 Å². The highest BCUT2D eigenvalue weighted by atomic mass is 16.5. The van der Waals surface area contributed by atoms with Crippen molar-refractivity contribution in [2.45, 2.75) is 51.9 Å². The molecule has 0 bridgehead atoms. The average Bonchev–Trinajstić information content (AvgIpc) is 3.59. The van der Waals surface area contributed by atoms with Gasteiger partial charge in [-0.2, -0.15) is 4.98 Å². The number of aliphatic hydroxyl groups is 1. The van der Waals surface area contributed by atoms with E-state index < -0.39 is 0 Å². The maximum absolute atomic E-state index is 11.9. The number of aromatic nitrogens is 3. The number of carbonyl (C=O) groups is 1. The Labute approximate surface area is 204 Å². The number of amides is 1. The van der Waals surface area contributed by atoms with Gasteiger partial charge in [0, 0.05) is 35.3 Å². The molecule has 0 saturated heterocycles. The van der Waals surface area contributed by atoms with Gasteiger partial charge in [-0.15, -0.1) is 0 Å². The van der Waals surface area contributed by atoms with Crippen molar-refractivity contribution in [3.63, 3.8) is 0 Å². The lowest BCUT2D eigenvalue weighted by molar-refractivity contribution is -0.123. The summed E-state index contributed by atoms with van der Waals surface area (Å²) in [6.45, 7) is 3.92. The van der Waals surface area contributed by atoms with Crippen molar-refractivity contribution in [2.24, 2.45) is 0 Å². The summed E-state index contributed by atoms with van der Waals surface area (Å²) < 4.78 is 16.9. The molecule has 1 fully saturated rings. The Hall–Kier alpha value is -3.46. The zero-order valence-corrected chi connectivity index (χ0v) is 20.5. The molecule has 4 rings (SSSR count). The molecule has 2 aromatic heterocycles. The van der Waals surface area contributed by atoms with Gasteiger partial charge in [-0.25, -0.2) is 4.98 Å². The summed E-state index contributed by atoms with van der Waals surface area (Å²) in [7, 11) is 1.61. The summed E-state index contributed by atoms with van der Waals surface area (Å²) >= 11 is 0. The second kappa shape index (κ2) is 11.3. The lowest BCUT2D eigenvalue weighted by Gasteiger charge is -2.14. The molecule has 3 aromatic rings. The average molecular weight is 481 g/mol. The number of aliphatic hydroxyl groups excluding tert-OH is 1. The second-order valence-electron chi connectivity index (χ2n) is 8.72. The minimum atomic E-state index is -0.280. The largest absolute Gasteiger partial charge is 0.483 e. The molecule has 0 spiro atoms. The number of nitrogens with zero attached hydrogens (tertiary/aromatic N) is 3. The van der Waals surface area contributed by atoms with Crippen LogP contribution in [0.15, 0.2) is 28.8 Å². The fraction of sp³-hybridized carbons (Fsp3) is 0.462. The van der Waals surface area contributed by atoms with Crippen LogP contribution in [0.1, 0.15) is 55.3 Å². The topological polar surface area (TPSA) is 120 Å². The molecule has 2 N–H and O–H groups in total. The molecular weight excluding hydrogens is 448 g/mol. The number of carbonyl (C=O) groups excluding carboxylic acids is 1. The number of hydrogen-bond donors (Lipinski definition) is 2. The monoisotopic (exact) mass is 480 g/mol. The third-order valence-electron chi connectivity index (χ3n) is 6.25. The molecule has 0 atom stereocenters. The normalized spacial score (nSPS) is 13.7. The van der Waals surface area contributed by atoms with E-state index in [1.165, 1.54) is 12.8 Å². The van der Waals surface area contributed by atoms with Crippen LogP contribution < -0.4 is 14.8 Å². The first-order chi connectivity index (χ1) is 17.0. The summed E-state index contributed by atoms with van der Waals surface area (Å²) in [6, 6.07) is 7.72. The fourth-order valence-electron chi connectivity index (χ4n) is 4.47. The van der Waals surface area contributed by atoms with Gasteiger partial charge < -0.3 is 24.4 Å². The molecule has 35 heavy (non-hydrogen) atoms. The maximum atomic E-state index is 11.9. The molecule has 1 saturated carbocycles. The molecule has 1 aliphatic rings. The molecule has 9 nitrogen and oxygen atoms in total. The third kappa shape index (κ3) is 5.79. The molecular formula is C26H32N4O5. The quantitative estimate of drug-likeness (QED) is 0.449. The molecule has 0 unspecified atom stereocenters. The van der Waals surface area contributed by atoms with E-state index in [1.807, 2.05) is 38.1 Å². The number of pyridine rings is 1. The van der Waals surface area contributed by atoms with Gasteiger partial charge in [0.1, 0.15) is 5.75 Å². The van der Waals surface area contributed by atoms with Crippen LogP contribution in [0, 0.1) is 6.92 Å². The molecule has 2 heterocycles. The Morgan fingerprint density at radius 2 is 1.97 bits per heavy atom. The van der Waals surface area contributed by atoms with Crippen molar-refractivity contribution < 1.29 is 23.9 Å². The highest BCUT2D eigenvalue weighted by molar-refractivity contribution is 5.77. The van der Waals surface area contributed by atoms with E-state index in [4.69, 9.17) is 19.1 Å². The van der Waals surface area contributed by atoms with Crippen molar-refractivity contribution in [3.8, 4) is 34.5 Å². The number of rotatable bonds is 10. The van der Waals surface area contributed by atoms with Gasteiger partial charge >= 0.3 is 0 Å². The third-order valence-corrected chi connectivity index (χ3v) is 6.25. The number of benzene rings is 1. The Balaban J connectivity index is 1.58. The van der Waals surface area contributed by atoms with Crippen molar-refractivity contribution in [3.05, 3.63) is 41.1 Å². The SMILES string of the molecule is CCc1cc(-c2noc(-c3cc(OC)nc(C4CCCC4)c3)n2)cc(C)c1OCC(=O)NCCO. The van der Waals surface area contributed by atoms with Crippen LogP contribution in [0.3, 0.4) is 0 Å². The van der Waals surface area contributed by atoms with Crippen LogP contribution in [-0.2, 0) is 11.2 Å². The van der Waals surface area contributed by atoms with Gasteiger partial charge in [0.2, 0.25) is 11.7 Å². The standard InChI is InChI=1S/C26H32N4O5/c1-4-17-12-19(11-16(2)24(17)34-15-22(32)27-9-10-31)25-29-26(35-30-25)20-13-21(18-7-5-6-8-18)28-23(14-20)33-3/h11-14,18,31H,4-10,15H2,1-3H3,(H,27,32). The molecule has 1 aromatic carbocycles. The van der Waals surface area contributed by atoms with Crippen LogP contribution in [0.25, 0.3) is 22.8 Å². The van der Waals surface area contributed by atoms with E-state index in [1.54, 1.807) is 7.11 Å². The predicted octanol–water partition coefficient (Wildman–Crippen LogP) is 3.82. The first-order valence-corrected chi connectivity index (χ1v) is 12.1. The Morgan fingerprint density at radius 1 is 1.17 bits per heavy atom. The molecule has 1 aliphatic carbocycles. The van der Waals surface area contributed by atoms with Crippen molar-refractivity contribution >= 4 is 5.91 Å². The zero-order valence-electron chi connectivity index (χ0n) is 20.5. The molecule has 0 aliphatic heterocycles. The number of nitrogens with one attached hydrogen (secondary N) is 1. The van der Waals surface area contributed by atoms with E-state index in [2.05, 4.69) is 20.4 Å². The molecule has 9 heteroatoms. The van der Waals surface area contributed by atoms with Gasteiger partial charge in [-0.1, -0.05) is 24.9 Å². The van der Waals surface area contributed by atoms with Crippen LogP contribution >= 0.6 is 0 Å². The first kappa shape index (κ1) is 24.7. The lowest BCUT2D eigenvalue weighted by atomic mass is 10.0. The van der Waals surface area contributed by atoms with E-state index in [0.717, 1.165) is 40.8 Å². The minimum Gasteiger partial charge on any atom is -0.483 e. The number of aryl methyl sites for hydroxylation is 2. The van der Waals surface area contributed by atoms with Crippen molar-refractivity contribution in [2.75, 3.05) is 26.9 Å². The number of methoxy groups -OCH3 is 1. The summed E-state index contributed by atoms with van der Waals surface area (Å²) in [6.07, 6.45) is 5.40.